The molecule has 3 heterocycles. The maximum Gasteiger partial charge on any atom is 0.297 e. The van der Waals surface area contributed by atoms with E-state index in [9.17, 15) is 13.5 Å². The molecule has 4 rings (SSSR count). The fourth-order valence-electron chi connectivity index (χ4n) is 2.54. The Hall–Kier alpha value is -0.950. The van der Waals surface area contributed by atoms with Gasteiger partial charge in [0.25, 0.3) is 10.1 Å². The lowest BCUT2D eigenvalue weighted by atomic mass is 10.1. The second-order valence-electron chi connectivity index (χ2n) is 4.78. The van der Waals surface area contributed by atoms with Crippen molar-refractivity contribution in [1.29, 1.82) is 0 Å². The van der Waals surface area contributed by atoms with Gasteiger partial charge in [-0.25, -0.2) is 0 Å². The predicted molar refractivity (Wildman–Crippen MR) is 64.4 cm³/mol. The molecule has 18 heavy (non-hydrogen) atoms. The van der Waals surface area contributed by atoms with Crippen molar-refractivity contribution >= 4 is 10.1 Å². The van der Waals surface area contributed by atoms with Crippen LogP contribution in [0.25, 0.3) is 0 Å². The van der Waals surface area contributed by atoms with Crippen molar-refractivity contribution in [2.45, 2.75) is 30.0 Å². The van der Waals surface area contributed by atoms with Crippen LogP contribution in [0.1, 0.15) is 12.0 Å². The maximum absolute atomic E-state index is 11.9. The number of aliphatic hydroxyl groups excluding tert-OH is 1. The number of fused-ring (bicyclic) bond motifs is 4. The summed E-state index contributed by atoms with van der Waals surface area (Å²) in [7, 11) is -3.71. The lowest BCUT2D eigenvalue weighted by Gasteiger charge is -2.27. The molecular formula is C12H15NO4S. The molecule has 2 atom stereocenters. The Balaban J connectivity index is 2.01. The standard InChI is InChI=1S/C12H15NO4S/c14-12-5-6-13-7-9-1-3-10(4-2-9)18(15,16)17-8-11(12)13/h1-4,11-12,14H,5-8H2. The molecule has 2 unspecified atom stereocenters. The minimum absolute atomic E-state index is 0.0158. The van der Waals surface area contributed by atoms with Gasteiger partial charge in [-0.3, -0.25) is 9.08 Å². The van der Waals surface area contributed by atoms with Crippen LogP contribution in [0.3, 0.4) is 0 Å². The molecule has 1 aromatic carbocycles. The summed E-state index contributed by atoms with van der Waals surface area (Å²) in [6.45, 7) is 1.49. The van der Waals surface area contributed by atoms with Crippen LogP contribution in [0, 0.1) is 0 Å². The zero-order valence-corrected chi connectivity index (χ0v) is 10.6. The van der Waals surface area contributed by atoms with Gasteiger partial charge >= 0.3 is 0 Å². The molecule has 0 saturated carbocycles. The molecule has 3 aliphatic heterocycles. The first-order chi connectivity index (χ1) is 8.56. The average Bonchev–Trinajstić information content (AvgIpc) is 2.69. The first-order valence-electron chi connectivity index (χ1n) is 5.97. The monoisotopic (exact) mass is 269 g/mol. The molecule has 0 aliphatic carbocycles. The van der Waals surface area contributed by atoms with Crippen molar-refractivity contribution in [1.82, 2.24) is 4.90 Å². The molecule has 0 spiro atoms. The number of hydrogen-bond acceptors (Lipinski definition) is 5. The quantitative estimate of drug-likeness (QED) is 0.688. The van der Waals surface area contributed by atoms with Gasteiger partial charge in [0.1, 0.15) is 0 Å². The van der Waals surface area contributed by atoms with Crippen molar-refractivity contribution in [3.05, 3.63) is 29.8 Å². The molecule has 1 N–H and O–H groups in total. The van der Waals surface area contributed by atoms with Crippen LogP contribution in [0.2, 0.25) is 0 Å². The minimum atomic E-state index is -3.71. The molecule has 1 saturated heterocycles. The Kier molecular flexibility index (Phi) is 2.90. The second-order valence-corrected chi connectivity index (χ2v) is 6.39. The molecule has 1 fully saturated rings. The summed E-state index contributed by atoms with van der Waals surface area (Å²) in [4.78, 5) is 2.24. The van der Waals surface area contributed by atoms with Crippen LogP contribution in [0.5, 0.6) is 0 Å². The third-order valence-electron chi connectivity index (χ3n) is 3.62. The van der Waals surface area contributed by atoms with Gasteiger partial charge in [-0.05, 0) is 24.1 Å². The molecule has 6 heteroatoms. The van der Waals surface area contributed by atoms with E-state index in [0.29, 0.717) is 13.0 Å². The summed E-state index contributed by atoms with van der Waals surface area (Å²) in [5.74, 6) is 0. The highest BCUT2D eigenvalue weighted by Gasteiger charge is 2.35. The molecule has 1 aromatic rings. The SMILES string of the molecule is O=S1(=O)OCC2C(O)CCN2Cc2ccc1cc2. The average molecular weight is 269 g/mol. The highest BCUT2D eigenvalue weighted by atomic mass is 32.2. The van der Waals surface area contributed by atoms with Crippen LogP contribution < -0.4 is 0 Å². The topological polar surface area (TPSA) is 66.8 Å². The summed E-state index contributed by atoms with van der Waals surface area (Å²) in [5, 5.41) is 9.88. The van der Waals surface area contributed by atoms with Crippen LogP contribution in [0.4, 0.5) is 0 Å². The van der Waals surface area contributed by atoms with E-state index in [1.54, 1.807) is 24.3 Å². The second kappa shape index (κ2) is 4.31. The Labute approximate surface area is 106 Å². The minimum Gasteiger partial charge on any atom is -0.391 e. The highest BCUT2D eigenvalue weighted by molar-refractivity contribution is 7.86. The zero-order chi connectivity index (χ0) is 12.8. The van der Waals surface area contributed by atoms with Gasteiger partial charge in [0.05, 0.1) is 23.6 Å². The predicted octanol–water partition coefficient (Wildman–Crippen LogP) is 0.341. The number of nitrogens with zero attached hydrogens (tertiary/aromatic N) is 1. The van der Waals surface area contributed by atoms with E-state index in [0.717, 1.165) is 12.1 Å². The molecule has 0 amide bonds. The van der Waals surface area contributed by atoms with Gasteiger partial charge in [0, 0.05) is 13.1 Å². The zero-order valence-electron chi connectivity index (χ0n) is 9.82. The highest BCUT2D eigenvalue weighted by Crippen LogP contribution is 2.25. The first kappa shape index (κ1) is 12.1. The van der Waals surface area contributed by atoms with Gasteiger partial charge in [0.15, 0.2) is 0 Å². The smallest absolute Gasteiger partial charge is 0.297 e. The lowest BCUT2D eigenvalue weighted by molar-refractivity contribution is 0.0778. The Morgan fingerprint density at radius 3 is 2.72 bits per heavy atom. The van der Waals surface area contributed by atoms with Crippen LogP contribution >= 0.6 is 0 Å². The molecule has 0 aromatic heterocycles. The van der Waals surface area contributed by atoms with Gasteiger partial charge in [-0.2, -0.15) is 8.42 Å². The van der Waals surface area contributed by atoms with E-state index in [1.807, 2.05) is 0 Å². The van der Waals surface area contributed by atoms with Crippen LogP contribution in [-0.2, 0) is 20.8 Å². The Bertz CT molecular complexity index is 540. The van der Waals surface area contributed by atoms with E-state index in [1.165, 1.54) is 0 Å². The third kappa shape index (κ3) is 2.05. The lowest BCUT2D eigenvalue weighted by Crippen LogP contribution is -2.39. The number of rotatable bonds is 0. The van der Waals surface area contributed by atoms with Crippen molar-refractivity contribution in [2.75, 3.05) is 13.2 Å². The first-order valence-corrected chi connectivity index (χ1v) is 7.37. The van der Waals surface area contributed by atoms with E-state index < -0.39 is 16.2 Å². The molecular weight excluding hydrogens is 254 g/mol. The van der Waals surface area contributed by atoms with E-state index in [4.69, 9.17) is 4.18 Å². The normalized spacial score (nSPS) is 31.2. The molecule has 3 aliphatic rings. The van der Waals surface area contributed by atoms with Crippen LogP contribution in [0.15, 0.2) is 29.2 Å². The van der Waals surface area contributed by atoms with Crippen molar-refractivity contribution < 1.29 is 17.7 Å². The van der Waals surface area contributed by atoms with Gasteiger partial charge in [0.2, 0.25) is 0 Å². The molecule has 0 radical (unpaired) electrons. The summed E-state index contributed by atoms with van der Waals surface area (Å²) < 4.78 is 28.8. The summed E-state index contributed by atoms with van der Waals surface area (Å²) >= 11 is 0. The summed E-state index contributed by atoms with van der Waals surface area (Å²) in [6.07, 6.45) is 0.141. The third-order valence-corrected chi connectivity index (χ3v) is 4.91. The number of aliphatic hydroxyl groups is 1. The Morgan fingerprint density at radius 2 is 2.00 bits per heavy atom. The van der Waals surface area contributed by atoms with E-state index in [2.05, 4.69) is 4.90 Å². The number of hydrogen-bond donors (Lipinski definition) is 1. The molecule has 2 bridgehead atoms. The van der Waals surface area contributed by atoms with E-state index in [-0.39, 0.29) is 17.5 Å². The molecule has 98 valence electrons. The van der Waals surface area contributed by atoms with Gasteiger partial charge < -0.3 is 5.11 Å². The van der Waals surface area contributed by atoms with Gasteiger partial charge in [-0.1, -0.05) is 12.1 Å². The summed E-state index contributed by atoms with van der Waals surface area (Å²) in [6, 6.07) is 6.48. The Morgan fingerprint density at radius 1 is 1.28 bits per heavy atom. The van der Waals surface area contributed by atoms with Crippen molar-refractivity contribution in [3.63, 3.8) is 0 Å². The molecule has 5 nitrogen and oxygen atoms in total. The van der Waals surface area contributed by atoms with Crippen molar-refractivity contribution in [3.8, 4) is 0 Å². The van der Waals surface area contributed by atoms with E-state index >= 15 is 0 Å². The fraction of sp³-hybridized carbons (Fsp3) is 0.500. The van der Waals surface area contributed by atoms with Crippen molar-refractivity contribution in [2.24, 2.45) is 0 Å². The van der Waals surface area contributed by atoms with Crippen LogP contribution in [-0.4, -0.2) is 43.7 Å². The summed E-state index contributed by atoms with van der Waals surface area (Å²) in [5.41, 5.74) is 1.05. The maximum atomic E-state index is 11.9. The number of benzene rings is 1. The van der Waals surface area contributed by atoms with Gasteiger partial charge in [-0.15, -0.1) is 0 Å². The fourth-order valence-corrected chi connectivity index (χ4v) is 3.46. The largest absolute Gasteiger partial charge is 0.391 e.